The van der Waals surface area contributed by atoms with Crippen LogP contribution in [0.2, 0.25) is 0 Å². The van der Waals surface area contributed by atoms with Crippen molar-refractivity contribution >= 4 is 28.0 Å². The van der Waals surface area contributed by atoms with Crippen molar-refractivity contribution in [1.29, 1.82) is 0 Å². The molecule has 5 heteroatoms. The quantitative estimate of drug-likeness (QED) is 0.612. The molecule has 76 valence electrons. The molecule has 0 atom stereocenters. The van der Waals surface area contributed by atoms with Gasteiger partial charge in [0.15, 0.2) is 0 Å². The molecule has 0 aliphatic heterocycles. The zero-order chi connectivity index (χ0) is 10.6. The molecular weight excluding hydrogens is 248 g/mol. The van der Waals surface area contributed by atoms with Gasteiger partial charge in [0, 0.05) is 18.6 Å². The first-order valence-electron chi connectivity index (χ1n) is 4.03. The summed E-state index contributed by atoms with van der Waals surface area (Å²) < 4.78 is 6.22. The lowest BCUT2D eigenvalue weighted by atomic mass is 10.4. The number of carbonyl (C=O) groups excluding carboxylic acids is 1. The maximum Gasteiger partial charge on any atom is 0.374 e. The summed E-state index contributed by atoms with van der Waals surface area (Å²) in [5, 5.41) is 0.761. The summed E-state index contributed by atoms with van der Waals surface area (Å²) in [4.78, 5) is 15.3. The Kier molecular flexibility index (Phi) is 3.88. The molecule has 0 spiro atoms. The standard InChI is InChI=1S/C9H11BrN2O2/c1-12-6-7(4-3-5-10)11-8(12)9(13)14-2/h3-4,6H,5H2,1-2H3. The third-order valence-corrected chi connectivity index (χ3v) is 2.01. The summed E-state index contributed by atoms with van der Waals surface area (Å²) in [7, 11) is 3.09. The zero-order valence-corrected chi connectivity index (χ0v) is 9.61. The van der Waals surface area contributed by atoms with Crippen molar-refractivity contribution in [1.82, 2.24) is 9.55 Å². The largest absolute Gasteiger partial charge is 0.463 e. The molecular formula is C9H11BrN2O2. The first-order chi connectivity index (χ1) is 6.69. The number of halogens is 1. The van der Waals surface area contributed by atoms with Crippen molar-refractivity contribution in [3.8, 4) is 0 Å². The fourth-order valence-electron chi connectivity index (χ4n) is 1.02. The van der Waals surface area contributed by atoms with E-state index in [1.54, 1.807) is 17.8 Å². The fourth-order valence-corrected chi connectivity index (χ4v) is 1.20. The van der Waals surface area contributed by atoms with E-state index in [0.717, 1.165) is 11.0 Å². The Balaban J connectivity index is 2.93. The van der Waals surface area contributed by atoms with Crippen molar-refractivity contribution in [2.45, 2.75) is 0 Å². The maximum absolute atomic E-state index is 11.2. The summed E-state index contributed by atoms with van der Waals surface area (Å²) in [5.41, 5.74) is 0.743. The van der Waals surface area contributed by atoms with Crippen molar-refractivity contribution in [2.24, 2.45) is 7.05 Å². The number of alkyl halides is 1. The Labute approximate surface area is 90.7 Å². The highest BCUT2D eigenvalue weighted by Gasteiger charge is 2.12. The molecule has 1 heterocycles. The summed E-state index contributed by atoms with van der Waals surface area (Å²) in [6, 6.07) is 0. The molecule has 1 aromatic heterocycles. The minimum absolute atomic E-state index is 0.307. The molecule has 0 bridgehead atoms. The molecule has 0 radical (unpaired) electrons. The lowest BCUT2D eigenvalue weighted by Crippen LogP contribution is -2.08. The molecule has 0 aliphatic rings. The van der Waals surface area contributed by atoms with Crippen molar-refractivity contribution in [3.05, 3.63) is 23.8 Å². The second-order valence-electron chi connectivity index (χ2n) is 2.65. The van der Waals surface area contributed by atoms with Crippen LogP contribution in [0.25, 0.3) is 6.08 Å². The number of aryl methyl sites for hydroxylation is 1. The van der Waals surface area contributed by atoms with Crippen LogP contribution in [0.4, 0.5) is 0 Å². The van der Waals surface area contributed by atoms with Gasteiger partial charge in [-0.2, -0.15) is 0 Å². The van der Waals surface area contributed by atoms with E-state index in [1.807, 2.05) is 12.2 Å². The third kappa shape index (κ3) is 2.45. The number of allylic oxidation sites excluding steroid dienone is 1. The smallest absolute Gasteiger partial charge is 0.374 e. The van der Waals surface area contributed by atoms with Gasteiger partial charge in [0.25, 0.3) is 0 Å². The van der Waals surface area contributed by atoms with E-state index in [9.17, 15) is 4.79 Å². The molecule has 1 rings (SSSR count). The van der Waals surface area contributed by atoms with Gasteiger partial charge in [-0.05, 0) is 6.08 Å². The molecule has 0 N–H and O–H groups in total. The van der Waals surface area contributed by atoms with Crippen LogP contribution in [0.5, 0.6) is 0 Å². The molecule has 0 amide bonds. The number of nitrogens with zero attached hydrogens (tertiary/aromatic N) is 2. The maximum atomic E-state index is 11.2. The summed E-state index contributed by atoms with van der Waals surface area (Å²) in [5.74, 6) is -0.118. The highest BCUT2D eigenvalue weighted by molar-refractivity contribution is 9.09. The number of esters is 1. The van der Waals surface area contributed by atoms with Crippen molar-refractivity contribution < 1.29 is 9.53 Å². The zero-order valence-electron chi connectivity index (χ0n) is 8.03. The average Bonchev–Trinajstić information content (AvgIpc) is 2.55. The Morgan fingerprint density at radius 1 is 1.79 bits per heavy atom. The summed E-state index contributed by atoms with van der Waals surface area (Å²) in [6.45, 7) is 0. The number of carbonyl (C=O) groups is 1. The van der Waals surface area contributed by atoms with E-state index >= 15 is 0 Å². The second kappa shape index (κ2) is 4.95. The predicted molar refractivity (Wildman–Crippen MR) is 57.4 cm³/mol. The van der Waals surface area contributed by atoms with E-state index in [4.69, 9.17) is 0 Å². The number of hydrogen-bond donors (Lipinski definition) is 0. The van der Waals surface area contributed by atoms with Gasteiger partial charge in [-0.25, -0.2) is 9.78 Å². The Morgan fingerprint density at radius 3 is 3.07 bits per heavy atom. The Hall–Kier alpha value is -1.10. The first-order valence-corrected chi connectivity index (χ1v) is 5.15. The SMILES string of the molecule is COC(=O)c1nc(C=CCBr)cn1C. The predicted octanol–water partition coefficient (Wildman–Crippen LogP) is 1.61. The van der Waals surface area contributed by atoms with Gasteiger partial charge in [0.05, 0.1) is 12.8 Å². The van der Waals surface area contributed by atoms with Gasteiger partial charge in [-0.3, -0.25) is 0 Å². The molecule has 4 nitrogen and oxygen atoms in total. The van der Waals surface area contributed by atoms with Crippen LogP contribution in [-0.4, -0.2) is 28.0 Å². The van der Waals surface area contributed by atoms with Crippen LogP contribution in [0, 0.1) is 0 Å². The minimum atomic E-state index is -0.425. The molecule has 0 aromatic carbocycles. The van der Waals surface area contributed by atoms with Crippen LogP contribution in [0.3, 0.4) is 0 Å². The van der Waals surface area contributed by atoms with Gasteiger partial charge >= 0.3 is 5.97 Å². The van der Waals surface area contributed by atoms with Crippen LogP contribution in [-0.2, 0) is 11.8 Å². The van der Waals surface area contributed by atoms with Gasteiger partial charge in [-0.1, -0.05) is 22.0 Å². The van der Waals surface area contributed by atoms with Crippen LogP contribution >= 0.6 is 15.9 Å². The molecule has 1 aromatic rings. The van der Waals surface area contributed by atoms with Crippen molar-refractivity contribution in [3.63, 3.8) is 0 Å². The topological polar surface area (TPSA) is 44.1 Å². The van der Waals surface area contributed by atoms with Crippen LogP contribution in [0.1, 0.15) is 16.3 Å². The normalized spacial score (nSPS) is 10.8. The van der Waals surface area contributed by atoms with Crippen LogP contribution < -0.4 is 0 Å². The lowest BCUT2D eigenvalue weighted by molar-refractivity contribution is 0.0583. The molecule has 0 saturated carbocycles. The number of ether oxygens (including phenoxy) is 1. The summed E-state index contributed by atoms with van der Waals surface area (Å²) in [6.07, 6.45) is 5.51. The fraction of sp³-hybridized carbons (Fsp3) is 0.333. The van der Waals surface area contributed by atoms with E-state index in [-0.39, 0.29) is 0 Å². The Bertz CT molecular complexity index is 358. The monoisotopic (exact) mass is 258 g/mol. The molecule has 0 unspecified atom stereocenters. The Morgan fingerprint density at radius 2 is 2.50 bits per heavy atom. The first kappa shape index (κ1) is 11.0. The van der Waals surface area contributed by atoms with E-state index in [1.165, 1.54) is 7.11 Å². The number of hydrogen-bond acceptors (Lipinski definition) is 3. The molecule has 0 fully saturated rings. The van der Waals surface area contributed by atoms with E-state index in [2.05, 4.69) is 25.7 Å². The number of methoxy groups -OCH3 is 1. The average molecular weight is 259 g/mol. The van der Waals surface area contributed by atoms with E-state index < -0.39 is 5.97 Å². The number of aromatic nitrogens is 2. The van der Waals surface area contributed by atoms with Crippen molar-refractivity contribution in [2.75, 3.05) is 12.4 Å². The third-order valence-electron chi connectivity index (χ3n) is 1.64. The number of rotatable bonds is 3. The van der Waals surface area contributed by atoms with Gasteiger partial charge in [-0.15, -0.1) is 0 Å². The molecule has 0 aliphatic carbocycles. The molecule has 0 saturated heterocycles. The summed E-state index contributed by atoms with van der Waals surface area (Å²) >= 11 is 3.26. The number of imidazole rings is 1. The molecule has 14 heavy (non-hydrogen) atoms. The minimum Gasteiger partial charge on any atom is -0.463 e. The van der Waals surface area contributed by atoms with Crippen LogP contribution in [0.15, 0.2) is 12.3 Å². The van der Waals surface area contributed by atoms with Gasteiger partial charge < -0.3 is 9.30 Å². The highest BCUT2D eigenvalue weighted by Crippen LogP contribution is 2.05. The van der Waals surface area contributed by atoms with Gasteiger partial charge in [0.1, 0.15) is 0 Å². The van der Waals surface area contributed by atoms with E-state index in [0.29, 0.717) is 5.82 Å². The second-order valence-corrected chi connectivity index (χ2v) is 3.30. The highest BCUT2D eigenvalue weighted by atomic mass is 79.9. The lowest BCUT2D eigenvalue weighted by Gasteiger charge is -1.96. The van der Waals surface area contributed by atoms with Gasteiger partial charge in [0.2, 0.25) is 5.82 Å².